The normalized spacial score (nSPS) is 10.8. The Morgan fingerprint density at radius 1 is 1.18 bits per heavy atom. The van der Waals surface area contributed by atoms with Crippen LogP contribution in [0.15, 0.2) is 59.5 Å². The molecule has 0 aliphatic carbocycles. The highest BCUT2D eigenvalue weighted by molar-refractivity contribution is 7.21. The van der Waals surface area contributed by atoms with Gasteiger partial charge in [0.15, 0.2) is 0 Å². The molecule has 0 unspecified atom stereocenters. The van der Waals surface area contributed by atoms with E-state index in [0.717, 1.165) is 50.3 Å². The molecular weight excluding hydrogens is 460 g/mol. The summed E-state index contributed by atoms with van der Waals surface area (Å²) in [5.41, 5.74) is 1.38. The lowest BCUT2D eigenvalue weighted by atomic mass is 10.2. The van der Waals surface area contributed by atoms with Crippen molar-refractivity contribution in [3.63, 3.8) is 0 Å². The van der Waals surface area contributed by atoms with Gasteiger partial charge in [0.2, 0.25) is 5.91 Å². The molecule has 172 valence electrons. The Morgan fingerprint density at radius 3 is 2.59 bits per heavy atom. The molecule has 0 aliphatic rings. The Morgan fingerprint density at radius 2 is 1.91 bits per heavy atom. The van der Waals surface area contributed by atoms with Gasteiger partial charge in [0.1, 0.15) is 11.6 Å². The molecule has 0 saturated carbocycles. The molecule has 34 heavy (non-hydrogen) atoms. The lowest BCUT2D eigenvalue weighted by Crippen LogP contribution is -2.29. The monoisotopic (exact) mass is 478 g/mol. The first-order valence-corrected chi connectivity index (χ1v) is 10.8. The van der Waals surface area contributed by atoms with Gasteiger partial charge in [-0.25, -0.2) is 9.78 Å². The van der Waals surface area contributed by atoms with Crippen molar-refractivity contribution < 1.29 is 19.2 Å². The van der Waals surface area contributed by atoms with Gasteiger partial charge in [-0.1, -0.05) is 6.07 Å². The molecule has 0 bridgehead atoms. The van der Waals surface area contributed by atoms with Gasteiger partial charge in [-0.15, -0.1) is 11.3 Å². The number of carbonyl (C=O) groups is 2. The Hall–Kier alpha value is -4.38. The number of fused-ring (bicyclic) bond motifs is 1. The molecule has 0 radical (unpaired) electrons. The van der Waals surface area contributed by atoms with Crippen LogP contribution in [0.1, 0.15) is 15.9 Å². The van der Waals surface area contributed by atoms with Gasteiger partial charge >= 0.3 is 17.2 Å². The number of rotatable bonds is 6. The van der Waals surface area contributed by atoms with E-state index in [1.54, 1.807) is 23.5 Å². The van der Waals surface area contributed by atoms with E-state index in [9.17, 15) is 24.5 Å². The topological polar surface area (TPSA) is 133 Å². The van der Waals surface area contributed by atoms with Crippen LogP contribution < -0.4 is 10.9 Å². The number of anilines is 1. The van der Waals surface area contributed by atoms with Gasteiger partial charge in [-0.3, -0.25) is 24.3 Å². The molecule has 2 aromatic heterocycles. The summed E-state index contributed by atoms with van der Waals surface area (Å²) in [6.45, 7) is 1.50. The van der Waals surface area contributed by atoms with E-state index in [1.807, 2.05) is 31.2 Å². The molecule has 0 fully saturated rings. The summed E-state index contributed by atoms with van der Waals surface area (Å²) in [6, 6.07) is 13.9. The number of nitrogens with one attached hydrogen (secondary N) is 1. The smallest absolute Gasteiger partial charge is 0.339 e. The number of nitrogens with zero attached hydrogens (tertiary/aromatic N) is 3. The molecule has 1 N–H and O–H groups in total. The maximum atomic E-state index is 12.5. The predicted molar refractivity (Wildman–Crippen MR) is 127 cm³/mol. The van der Waals surface area contributed by atoms with E-state index >= 15 is 0 Å². The summed E-state index contributed by atoms with van der Waals surface area (Å²) in [5, 5.41) is 14.7. The number of thiazole rings is 1. The van der Waals surface area contributed by atoms with Crippen LogP contribution in [0.2, 0.25) is 0 Å². The number of esters is 1. The second-order valence-corrected chi connectivity index (χ2v) is 8.44. The summed E-state index contributed by atoms with van der Waals surface area (Å²) >= 11 is 1.57. The van der Waals surface area contributed by atoms with Crippen LogP contribution in [0.5, 0.6) is 0 Å². The minimum absolute atomic E-state index is 0.211. The van der Waals surface area contributed by atoms with Crippen LogP contribution in [0.4, 0.5) is 11.4 Å². The molecule has 2 aromatic carbocycles. The molecule has 0 spiro atoms. The average Bonchev–Trinajstić information content (AvgIpc) is 3.23. The minimum atomic E-state index is -1.01. The third-order valence-electron chi connectivity index (χ3n) is 4.96. The van der Waals surface area contributed by atoms with Crippen molar-refractivity contribution in [3.05, 3.63) is 86.3 Å². The molecule has 0 atom stereocenters. The van der Waals surface area contributed by atoms with Gasteiger partial charge in [0.25, 0.3) is 0 Å². The lowest BCUT2D eigenvalue weighted by Gasteiger charge is -2.09. The molecule has 4 aromatic rings. The number of benzene rings is 2. The Labute approximate surface area is 196 Å². The molecule has 0 saturated heterocycles. The van der Waals surface area contributed by atoms with Gasteiger partial charge in [-0.05, 0) is 48.9 Å². The quantitative estimate of drug-likeness (QED) is 0.253. The molecule has 4 rings (SSSR count). The third kappa shape index (κ3) is 4.69. The number of hydrogen-bond donors (Lipinski definition) is 1. The van der Waals surface area contributed by atoms with E-state index in [1.165, 1.54) is 0 Å². The van der Waals surface area contributed by atoms with Gasteiger partial charge in [0, 0.05) is 23.5 Å². The number of carbonyl (C=O) groups excluding carboxylic acids is 2. The fraction of sp³-hybridized carbons (Fsp3) is 0.130. The zero-order valence-electron chi connectivity index (χ0n) is 18.1. The van der Waals surface area contributed by atoms with Crippen molar-refractivity contribution >= 4 is 44.8 Å². The Balaban J connectivity index is 1.52. The first-order valence-electron chi connectivity index (χ1n) is 10.00. The number of ether oxygens (including phenoxy) is 1. The zero-order chi connectivity index (χ0) is 24.4. The lowest BCUT2D eigenvalue weighted by molar-refractivity contribution is -0.386. The summed E-state index contributed by atoms with van der Waals surface area (Å²) < 4.78 is 6.44. The summed E-state index contributed by atoms with van der Waals surface area (Å²) in [7, 11) is 1.11. The molecule has 10 nitrogen and oxygen atoms in total. The highest BCUT2D eigenvalue weighted by Crippen LogP contribution is 2.31. The van der Waals surface area contributed by atoms with E-state index in [-0.39, 0.29) is 5.56 Å². The number of aryl methyl sites for hydroxylation is 1. The number of hydrogen-bond acceptors (Lipinski definition) is 8. The van der Waals surface area contributed by atoms with Crippen molar-refractivity contribution in [2.24, 2.45) is 0 Å². The summed E-state index contributed by atoms with van der Waals surface area (Å²) in [4.78, 5) is 51.5. The fourth-order valence-corrected chi connectivity index (χ4v) is 4.37. The van der Waals surface area contributed by atoms with Crippen LogP contribution in [0.25, 0.3) is 20.8 Å². The Kier molecular flexibility index (Phi) is 6.19. The second kappa shape index (κ2) is 9.24. The largest absolute Gasteiger partial charge is 0.465 e. The van der Waals surface area contributed by atoms with Crippen molar-refractivity contribution in [2.45, 2.75) is 13.5 Å². The van der Waals surface area contributed by atoms with Crippen molar-refractivity contribution in [2.75, 3.05) is 12.4 Å². The third-order valence-corrected chi connectivity index (χ3v) is 6.03. The van der Waals surface area contributed by atoms with E-state index in [4.69, 9.17) is 0 Å². The maximum absolute atomic E-state index is 12.5. The second-order valence-electron chi connectivity index (χ2n) is 7.41. The standard InChI is InChI=1S/C23H18N4O6S/c1-13-3-8-17-19(9-13)34-21(25-17)14-4-6-16(7-5-14)24-20(28)12-26-11-15(23(30)33-2)10-18(22(26)29)27(31)32/h3-11H,12H2,1-2H3,(H,24,28). The summed E-state index contributed by atoms with van der Waals surface area (Å²) in [5.74, 6) is -1.46. The molecule has 0 aliphatic heterocycles. The minimum Gasteiger partial charge on any atom is -0.465 e. The zero-order valence-corrected chi connectivity index (χ0v) is 18.9. The number of methoxy groups -OCH3 is 1. The van der Waals surface area contributed by atoms with Crippen LogP contribution in [0.3, 0.4) is 0 Å². The maximum Gasteiger partial charge on any atom is 0.339 e. The highest BCUT2D eigenvalue weighted by atomic mass is 32.1. The molecular formula is C23H18N4O6S. The SMILES string of the molecule is COC(=O)c1cc([N+](=O)[O-])c(=O)n(CC(=O)Nc2ccc(-c3nc4ccc(C)cc4s3)cc2)c1. The van der Waals surface area contributed by atoms with Crippen molar-refractivity contribution in [3.8, 4) is 10.6 Å². The predicted octanol–water partition coefficient (Wildman–Crippen LogP) is 3.77. The first kappa shape index (κ1) is 22.8. The van der Waals surface area contributed by atoms with Crippen molar-refractivity contribution in [1.29, 1.82) is 0 Å². The van der Waals surface area contributed by atoms with Gasteiger partial charge < -0.3 is 10.1 Å². The molecule has 1 amide bonds. The fourth-order valence-electron chi connectivity index (χ4n) is 3.30. The summed E-state index contributed by atoms with van der Waals surface area (Å²) in [6.07, 6.45) is 1.05. The number of pyridine rings is 1. The van der Waals surface area contributed by atoms with Gasteiger partial charge in [-0.2, -0.15) is 0 Å². The number of amides is 1. The van der Waals surface area contributed by atoms with Crippen LogP contribution >= 0.6 is 11.3 Å². The molecule has 2 heterocycles. The van der Waals surface area contributed by atoms with Crippen LogP contribution in [-0.4, -0.2) is 33.5 Å². The highest BCUT2D eigenvalue weighted by Gasteiger charge is 2.21. The average molecular weight is 478 g/mol. The van der Waals surface area contributed by atoms with Crippen LogP contribution in [-0.2, 0) is 16.1 Å². The van der Waals surface area contributed by atoms with E-state index < -0.39 is 34.6 Å². The number of aromatic nitrogens is 2. The van der Waals surface area contributed by atoms with E-state index in [2.05, 4.69) is 21.1 Å². The first-order chi connectivity index (χ1) is 16.2. The van der Waals surface area contributed by atoms with Gasteiger partial charge in [0.05, 0.1) is 27.8 Å². The van der Waals surface area contributed by atoms with E-state index in [0.29, 0.717) is 5.69 Å². The molecule has 11 heteroatoms. The number of nitro groups is 1. The van der Waals surface area contributed by atoms with Crippen LogP contribution in [0, 0.1) is 17.0 Å². The Bertz CT molecular complexity index is 1490. The van der Waals surface area contributed by atoms with Crippen molar-refractivity contribution in [1.82, 2.24) is 9.55 Å².